The fraction of sp³-hybridized carbons (Fsp3) is 0.0968. The number of para-hydroxylation sites is 1. The van der Waals surface area contributed by atoms with Gasteiger partial charge in [0.25, 0.3) is 0 Å². The van der Waals surface area contributed by atoms with Gasteiger partial charge in [0.15, 0.2) is 0 Å². The molecule has 2 nitrogen and oxygen atoms in total. The second kappa shape index (κ2) is 7.91. The molecule has 0 radical (unpaired) electrons. The molecule has 0 saturated heterocycles. The van der Waals surface area contributed by atoms with Crippen molar-refractivity contribution in [2.75, 3.05) is 5.01 Å². The van der Waals surface area contributed by atoms with Crippen LogP contribution in [0.15, 0.2) is 133 Å². The van der Waals surface area contributed by atoms with E-state index < -0.39 is 0 Å². The first-order valence-corrected chi connectivity index (χ1v) is 11.5. The van der Waals surface area contributed by atoms with E-state index in [0.717, 1.165) is 24.2 Å². The zero-order valence-corrected chi connectivity index (χ0v) is 18.5. The van der Waals surface area contributed by atoms with E-state index in [0.29, 0.717) is 0 Å². The molecule has 2 N–H and O–H groups in total. The van der Waals surface area contributed by atoms with E-state index in [9.17, 15) is 0 Å². The van der Waals surface area contributed by atoms with Crippen molar-refractivity contribution in [3.05, 3.63) is 155 Å². The fourth-order valence-corrected chi connectivity index (χ4v) is 5.66. The number of anilines is 1. The lowest BCUT2D eigenvalue weighted by Gasteiger charge is -2.36. The summed E-state index contributed by atoms with van der Waals surface area (Å²) in [6.07, 6.45) is 4.24. The molecule has 2 heteroatoms. The lowest BCUT2D eigenvalue weighted by Crippen LogP contribution is -2.33. The summed E-state index contributed by atoms with van der Waals surface area (Å²) in [6, 6.07) is 41.0. The third kappa shape index (κ3) is 2.99. The van der Waals surface area contributed by atoms with Gasteiger partial charge < -0.3 is 0 Å². The maximum atomic E-state index is 6.67. The van der Waals surface area contributed by atoms with Gasteiger partial charge in [-0.2, -0.15) is 0 Å². The molecule has 0 spiro atoms. The first kappa shape index (κ1) is 19.8. The number of rotatable bonds is 4. The molecule has 0 heterocycles. The largest absolute Gasteiger partial charge is 0.284 e. The minimum Gasteiger partial charge on any atom is -0.284 e. The molecule has 0 unspecified atom stereocenters. The van der Waals surface area contributed by atoms with Gasteiger partial charge >= 0.3 is 0 Å². The molecule has 4 aromatic carbocycles. The van der Waals surface area contributed by atoms with Gasteiger partial charge in [-0.1, -0.05) is 103 Å². The summed E-state index contributed by atoms with van der Waals surface area (Å²) >= 11 is 0. The molecule has 0 saturated carbocycles. The molecule has 0 bridgehead atoms. The molecular weight excluding hydrogens is 400 g/mol. The predicted octanol–water partition coefficient (Wildman–Crippen LogP) is 6.85. The van der Waals surface area contributed by atoms with Crippen LogP contribution in [-0.2, 0) is 5.41 Å². The van der Waals surface area contributed by atoms with Crippen LogP contribution in [0.25, 0.3) is 5.57 Å². The van der Waals surface area contributed by atoms with Crippen molar-refractivity contribution in [3.63, 3.8) is 0 Å². The molecule has 2 aliphatic carbocycles. The maximum absolute atomic E-state index is 6.67. The summed E-state index contributed by atoms with van der Waals surface area (Å²) < 4.78 is 0. The Morgan fingerprint density at radius 2 is 1.15 bits per heavy atom. The van der Waals surface area contributed by atoms with E-state index in [1.807, 2.05) is 23.2 Å². The number of fused-ring (bicyclic) bond motifs is 2. The van der Waals surface area contributed by atoms with Gasteiger partial charge in [0.05, 0.1) is 11.1 Å². The molecule has 0 amide bonds. The van der Waals surface area contributed by atoms with Crippen LogP contribution in [0.5, 0.6) is 0 Å². The number of benzene rings is 4. The Balaban J connectivity index is 1.63. The zero-order chi connectivity index (χ0) is 22.3. The van der Waals surface area contributed by atoms with Crippen LogP contribution >= 0.6 is 0 Å². The van der Waals surface area contributed by atoms with Gasteiger partial charge in [0.1, 0.15) is 0 Å². The second-order valence-electron chi connectivity index (χ2n) is 8.76. The summed E-state index contributed by atoms with van der Waals surface area (Å²) in [5.41, 5.74) is 9.85. The monoisotopic (exact) mass is 426 g/mol. The van der Waals surface area contributed by atoms with E-state index >= 15 is 0 Å². The average Bonchev–Trinajstić information content (AvgIpc) is 3.20. The van der Waals surface area contributed by atoms with Crippen LogP contribution in [0.2, 0.25) is 0 Å². The zero-order valence-electron chi connectivity index (χ0n) is 18.5. The van der Waals surface area contributed by atoms with Gasteiger partial charge in [0, 0.05) is 5.70 Å². The third-order valence-electron chi connectivity index (χ3n) is 7.08. The lowest BCUT2D eigenvalue weighted by atomic mass is 9.66. The number of nitrogens with zero attached hydrogens (tertiary/aromatic N) is 1. The predicted molar refractivity (Wildman–Crippen MR) is 137 cm³/mol. The Hall–Kier alpha value is -3.88. The Labute approximate surface area is 195 Å². The van der Waals surface area contributed by atoms with Crippen LogP contribution in [0.3, 0.4) is 0 Å². The Kier molecular flexibility index (Phi) is 4.74. The van der Waals surface area contributed by atoms with Crippen molar-refractivity contribution in [2.45, 2.75) is 18.3 Å². The molecule has 0 aromatic heterocycles. The molecule has 6 rings (SSSR count). The number of hydrogen-bond donors (Lipinski definition) is 1. The summed E-state index contributed by atoms with van der Waals surface area (Å²) in [6.45, 7) is 0. The van der Waals surface area contributed by atoms with E-state index in [1.165, 1.54) is 33.4 Å². The van der Waals surface area contributed by atoms with Crippen LogP contribution in [-0.4, -0.2) is 0 Å². The van der Waals surface area contributed by atoms with Crippen molar-refractivity contribution in [2.24, 2.45) is 5.84 Å². The Morgan fingerprint density at radius 3 is 1.79 bits per heavy atom. The molecule has 0 fully saturated rings. The summed E-state index contributed by atoms with van der Waals surface area (Å²) in [5.74, 6) is 6.67. The minimum absolute atomic E-state index is 0.363. The Bertz CT molecular complexity index is 1310. The van der Waals surface area contributed by atoms with Gasteiger partial charge in [-0.15, -0.1) is 0 Å². The highest BCUT2D eigenvalue weighted by Gasteiger charge is 2.47. The van der Waals surface area contributed by atoms with Crippen LogP contribution in [0.1, 0.15) is 35.1 Å². The SMILES string of the molecule is NN(C1=CC2=C(CC1)c1ccccc1C2(c1ccccc1)c1ccccc1)c1ccccc1. The van der Waals surface area contributed by atoms with Gasteiger partial charge in [-0.25, -0.2) is 5.84 Å². The molecule has 160 valence electrons. The highest BCUT2D eigenvalue weighted by Crippen LogP contribution is 2.57. The van der Waals surface area contributed by atoms with E-state index in [-0.39, 0.29) is 5.41 Å². The standard InChI is InChI=1S/C31H26N2/c32-33(25-16-8-3-9-17-25)26-20-21-28-27-18-10-11-19-29(27)31(30(28)22-26,23-12-4-1-5-13-23)24-14-6-2-7-15-24/h1-19,22H,20-21,32H2. The summed E-state index contributed by atoms with van der Waals surface area (Å²) in [4.78, 5) is 0. The van der Waals surface area contributed by atoms with Crippen molar-refractivity contribution in [1.82, 2.24) is 0 Å². The molecular formula is C31H26N2. The maximum Gasteiger partial charge on any atom is 0.0710 e. The minimum atomic E-state index is -0.363. The lowest BCUT2D eigenvalue weighted by molar-refractivity contribution is 0.747. The number of nitrogens with two attached hydrogens (primary N) is 1. The van der Waals surface area contributed by atoms with Crippen molar-refractivity contribution < 1.29 is 0 Å². The third-order valence-corrected chi connectivity index (χ3v) is 7.08. The summed E-state index contributed by atoms with van der Waals surface area (Å²) in [7, 11) is 0. The van der Waals surface area contributed by atoms with Crippen LogP contribution in [0, 0.1) is 0 Å². The van der Waals surface area contributed by atoms with Crippen molar-refractivity contribution in [1.29, 1.82) is 0 Å². The first-order valence-electron chi connectivity index (χ1n) is 11.5. The topological polar surface area (TPSA) is 29.3 Å². The molecule has 33 heavy (non-hydrogen) atoms. The quantitative estimate of drug-likeness (QED) is 0.286. The Morgan fingerprint density at radius 1 is 0.606 bits per heavy atom. The van der Waals surface area contributed by atoms with Crippen molar-refractivity contribution >= 4 is 11.3 Å². The van der Waals surface area contributed by atoms with Gasteiger partial charge in [-0.3, -0.25) is 5.01 Å². The fourth-order valence-electron chi connectivity index (χ4n) is 5.66. The number of hydrazine groups is 1. The molecule has 4 aromatic rings. The van der Waals surface area contributed by atoms with E-state index in [1.54, 1.807) is 0 Å². The summed E-state index contributed by atoms with van der Waals surface area (Å²) in [5, 5.41) is 1.85. The molecule has 2 aliphatic rings. The smallest absolute Gasteiger partial charge is 0.0710 e. The highest BCUT2D eigenvalue weighted by molar-refractivity contribution is 5.88. The normalized spacial score (nSPS) is 16.1. The van der Waals surface area contributed by atoms with E-state index in [4.69, 9.17) is 5.84 Å². The first-order chi connectivity index (χ1) is 16.3. The van der Waals surface area contributed by atoms with Gasteiger partial charge in [-0.05, 0) is 64.5 Å². The van der Waals surface area contributed by atoms with Crippen molar-refractivity contribution in [3.8, 4) is 0 Å². The number of allylic oxidation sites excluding steroid dienone is 4. The second-order valence-corrected chi connectivity index (χ2v) is 8.76. The molecule has 0 aliphatic heterocycles. The highest BCUT2D eigenvalue weighted by atomic mass is 15.4. The van der Waals surface area contributed by atoms with E-state index in [2.05, 4.69) is 103 Å². The number of hydrogen-bond acceptors (Lipinski definition) is 2. The van der Waals surface area contributed by atoms with Crippen LogP contribution < -0.4 is 10.9 Å². The average molecular weight is 427 g/mol. The van der Waals surface area contributed by atoms with Crippen LogP contribution in [0.4, 0.5) is 5.69 Å². The van der Waals surface area contributed by atoms with Gasteiger partial charge in [0.2, 0.25) is 0 Å². The molecule has 0 atom stereocenters.